The van der Waals surface area contributed by atoms with Crippen LogP contribution in [0.3, 0.4) is 0 Å². The summed E-state index contributed by atoms with van der Waals surface area (Å²) in [6, 6.07) is 8.42. The van der Waals surface area contributed by atoms with Gasteiger partial charge >= 0.3 is 5.97 Å². The molecule has 1 unspecified atom stereocenters. The number of nitrogens with zero attached hydrogens (tertiary/aromatic N) is 1. The first-order chi connectivity index (χ1) is 11.4. The summed E-state index contributed by atoms with van der Waals surface area (Å²) in [6.07, 6.45) is 0. The molecule has 0 aromatic heterocycles. The van der Waals surface area contributed by atoms with Crippen LogP contribution in [0.4, 0.5) is 11.4 Å². The molecule has 2 aromatic carbocycles. The van der Waals surface area contributed by atoms with E-state index in [1.54, 1.807) is 12.1 Å². The average molecular weight is 328 g/mol. The van der Waals surface area contributed by atoms with E-state index in [9.17, 15) is 19.7 Å². The van der Waals surface area contributed by atoms with Crippen molar-refractivity contribution in [1.82, 2.24) is 0 Å². The lowest BCUT2D eigenvalue weighted by atomic mass is 10.0. The Hall–Kier alpha value is -3.42. The number of amides is 1. The zero-order valence-corrected chi connectivity index (χ0v) is 12.5. The maximum Gasteiger partial charge on any atom is 0.310 e. The molecule has 2 aromatic rings. The number of anilines is 1. The lowest BCUT2D eigenvalue weighted by Crippen LogP contribution is -2.12. The molecule has 0 saturated heterocycles. The highest BCUT2D eigenvalue weighted by molar-refractivity contribution is 6.08. The summed E-state index contributed by atoms with van der Waals surface area (Å²) in [5.41, 5.74) is 0.624. The number of carbonyl (C=O) groups excluding carboxylic acids is 1. The second-order valence-corrected chi connectivity index (χ2v) is 5.31. The summed E-state index contributed by atoms with van der Waals surface area (Å²) >= 11 is 0. The maximum absolute atomic E-state index is 12.3. The van der Waals surface area contributed by atoms with Crippen molar-refractivity contribution in [3.05, 3.63) is 57.6 Å². The molecule has 2 N–H and O–H groups in total. The van der Waals surface area contributed by atoms with Crippen molar-refractivity contribution in [2.45, 2.75) is 12.8 Å². The largest absolute Gasteiger partial charge is 0.481 e. The van der Waals surface area contributed by atoms with E-state index in [1.165, 1.54) is 25.1 Å². The molecule has 122 valence electrons. The number of hydrogen-bond donors (Lipinski definition) is 2. The number of hydrogen-bond acceptors (Lipinski definition) is 5. The average Bonchev–Trinajstić information content (AvgIpc) is 2.68. The Morgan fingerprint density at radius 1 is 1.25 bits per heavy atom. The summed E-state index contributed by atoms with van der Waals surface area (Å²) in [5.74, 6) is -1.78. The monoisotopic (exact) mass is 328 g/mol. The second kappa shape index (κ2) is 5.65. The van der Waals surface area contributed by atoms with Gasteiger partial charge < -0.3 is 15.2 Å². The topological polar surface area (TPSA) is 119 Å². The van der Waals surface area contributed by atoms with Gasteiger partial charge in [0.15, 0.2) is 5.75 Å². The Morgan fingerprint density at radius 2 is 1.96 bits per heavy atom. The molecule has 1 amide bonds. The highest BCUT2D eigenvalue weighted by Gasteiger charge is 2.25. The molecule has 0 bridgehead atoms. The molecule has 1 atom stereocenters. The van der Waals surface area contributed by atoms with Crippen LogP contribution in [0.15, 0.2) is 36.4 Å². The Labute approximate surface area is 135 Å². The molecule has 8 nitrogen and oxygen atoms in total. The van der Waals surface area contributed by atoms with E-state index in [1.807, 2.05) is 0 Å². The predicted octanol–water partition coefficient (Wildman–Crippen LogP) is 3.14. The van der Waals surface area contributed by atoms with E-state index in [4.69, 9.17) is 9.84 Å². The molecule has 1 aliphatic heterocycles. The van der Waals surface area contributed by atoms with Crippen LogP contribution in [0.1, 0.15) is 28.8 Å². The van der Waals surface area contributed by atoms with Crippen molar-refractivity contribution >= 4 is 23.3 Å². The first-order valence-electron chi connectivity index (χ1n) is 7.01. The van der Waals surface area contributed by atoms with E-state index in [-0.39, 0.29) is 17.0 Å². The van der Waals surface area contributed by atoms with Crippen LogP contribution < -0.4 is 10.1 Å². The minimum absolute atomic E-state index is 0.0354. The quantitative estimate of drug-likeness (QED) is 0.660. The van der Waals surface area contributed by atoms with Gasteiger partial charge in [0.25, 0.3) is 11.6 Å². The fourth-order valence-corrected chi connectivity index (χ4v) is 2.35. The van der Waals surface area contributed by atoms with Crippen molar-refractivity contribution in [3.63, 3.8) is 0 Å². The van der Waals surface area contributed by atoms with Gasteiger partial charge in [-0.3, -0.25) is 19.7 Å². The van der Waals surface area contributed by atoms with Crippen molar-refractivity contribution in [1.29, 1.82) is 0 Å². The number of benzene rings is 2. The molecule has 0 fully saturated rings. The van der Waals surface area contributed by atoms with E-state index in [0.29, 0.717) is 17.0 Å². The van der Waals surface area contributed by atoms with Crippen molar-refractivity contribution in [2.75, 3.05) is 5.32 Å². The number of fused-ring (bicyclic) bond motifs is 2. The first kappa shape index (κ1) is 15.5. The Kier molecular flexibility index (Phi) is 3.64. The van der Waals surface area contributed by atoms with Gasteiger partial charge in [-0.05, 0) is 30.7 Å². The molecule has 24 heavy (non-hydrogen) atoms. The minimum Gasteiger partial charge on any atom is -0.481 e. The van der Waals surface area contributed by atoms with Crippen LogP contribution in [0.5, 0.6) is 11.5 Å². The third kappa shape index (κ3) is 2.65. The highest BCUT2D eigenvalue weighted by atomic mass is 16.6. The lowest BCUT2D eigenvalue weighted by Gasteiger charge is -2.12. The van der Waals surface area contributed by atoms with Gasteiger partial charge in [-0.1, -0.05) is 6.07 Å². The Morgan fingerprint density at radius 3 is 2.62 bits per heavy atom. The zero-order valence-electron chi connectivity index (χ0n) is 12.5. The van der Waals surface area contributed by atoms with Crippen molar-refractivity contribution < 1.29 is 24.4 Å². The molecule has 0 radical (unpaired) electrons. The van der Waals surface area contributed by atoms with Gasteiger partial charge in [0.1, 0.15) is 5.75 Å². The number of non-ortho nitro benzene ring substituents is 1. The molecule has 1 aliphatic rings. The van der Waals surface area contributed by atoms with Gasteiger partial charge in [0, 0.05) is 12.1 Å². The highest BCUT2D eigenvalue weighted by Crippen LogP contribution is 2.38. The zero-order chi connectivity index (χ0) is 17.4. The lowest BCUT2D eigenvalue weighted by molar-refractivity contribution is -0.384. The van der Waals surface area contributed by atoms with Gasteiger partial charge in [0.2, 0.25) is 0 Å². The second-order valence-electron chi connectivity index (χ2n) is 5.31. The molecule has 8 heteroatoms. The number of nitrogens with one attached hydrogen (secondary N) is 1. The number of aliphatic carboxylic acids is 1. The minimum atomic E-state index is -0.991. The Balaban J connectivity index is 2.03. The number of carboxylic acid groups (broad SMARTS) is 1. The van der Waals surface area contributed by atoms with Gasteiger partial charge in [-0.25, -0.2) is 0 Å². The summed E-state index contributed by atoms with van der Waals surface area (Å²) in [7, 11) is 0. The molecule has 0 spiro atoms. The van der Waals surface area contributed by atoms with Crippen LogP contribution in [-0.2, 0) is 4.79 Å². The molecular weight excluding hydrogens is 316 g/mol. The van der Waals surface area contributed by atoms with E-state index in [0.717, 1.165) is 6.07 Å². The predicted molar refractivity (Wildman–Crippen MR) is 83.6 cm³/mol. The van der Waals surface area contributed by atoms with Gasteiger partial charge in [0.05, 0.1) is 22.1 Å². The first-order valence-corrected chi connectivity index (χ1v) is 7.01. The summed E-state index contributed by atoms with van der Waals surface area (Å²) < 4.78 is 5.65. The number of nitro benzene ring substituents is 1. The van der Waals surface area contributed by atoms with Crippen LogP contribution in [-0.4, -0.2) is 21.9 Å². The molecule has 1 heterocycles. The molecular formula is C16H12N2O6. The summed E-state index contributed by atoms with van der Waals surface area (Å²) in [4.78, 5) is 33.7. The Bertz CT molecular complexity index is 877. The van der Waals surface area contributed by atoms with Gasteiger partial charge in [-0.15, -0.1) is 0 Å². The van der Waals surface area contributed by atoms with Crippen LogP contribution >= 0.6 is 0 Å². The van der Waals surface area contributed by atoms with E-state index < -0.39 is 22.7 Å². The summed E-state index contributed by atoms with van der Waals surface area (Å²) in [5, 5.41) is 22.5. The number of ether oxygens (including phenoxy) is 1. The van der Waals surface area contributed by atoms with Crippen LogP contribution in [0.2, 0.25) is 0 Å². The third-order valence-corrected chi connectivity index (χ3v) is 3.76. The fraction of sp³-hybridized carbons (Fsp3) is 0.125. The van der Waals surface area contributed by atoms with Crippen LogP contribution in [0.25, 0.3) is 0 Å². The molecule has 3 rings (SSSR count). The number of nitro groups is 1. The van der Waals surface area contributed by atoms with Crippen molar-refractivity contribution in [2.24, 2.45) is 0 Å². The van der Waals surface area contributed by atoms with Crippen molar-refractivity contribution in [3.8, 4) is 11.5 Å². The van der Waals surface area contributed by atoms with Crippen LogP contribution in [0, 0.1) is 10.1 Å². The fourth-order valence-electron chi connectivity index (χ4n) is 2.35. The van der Waals surface area contributed by atoms with E-state index in [2.05, 4.69) is 5.32 Å². The van der Waals surface area contributed by atoms with E-state index >= 15 is 0 Å². The van der Waals surface area contributed by atoms with Gasteiger partial charge in [-0.2, -0.15) is 0 Å². The molecule has 0 aliphatic carbocycles. The standard InChI is InChI=1S/C16H12N2O6/c1-8(16(20)21)9-2-4-14-12(6-9)17-15(19)11-7-10(18(22)23)3-5-13(11)24-14/h2-8H,1H3,(H,17,19)(H,20,21). The third-order valence-electron chi connectivity index (χ3n) is 3.76. The number of carbonyl (C=O) groups is 2. The molecule has 0 saturated carbocycles. The number of carboxylic acids is 1. The smallest absolute Gasteiger partial charge is 0.310 e. The SMILES string of the molecule is CC(C(=O)O)c1ccc2c(c1)NC(=O)c1cc([N+](=O)[O-])ccc1O2. The normalized spacial score (nSPS) is 13.6. The maximum atomic E-state index is 12.3. The summed E-state index contributed by atoms with van der Waals surface area (Å²) in [6.45, 7) is 1.53. The number of rotatable bonds is 3.